The van der Waals surface area contributed by atoms with E-state index in [1.165, 1.54) is 25.6 Å². The Hall–Kier alpha value is -3.24. The van der Waals surface area contributed by atoms with E-state index < -0.39 is 5.91 Å². The van der Waals surface area contributed by atoms with Crippen LogP contribution in [0.2, 0.25) is 0 Å². The van der Waals surface area contributed by atoms with Crippen LogP contribution < -0.4 is 24.8 Å². The summed E-state index contributed by atoms with van der Waals surface area (Å²) in [5, 5.41) is 8.17. The number of hydrogen-bond donors (Lipinski definition) is 2. The van der Waals surface area contributed by atoms with E-state index in [1.54, 1.807) is 5.38 Å². The predicted molar refractivity (Wildman–Crippen MR) is 147 cm³/mol. The molecule has 3 rings (SSSR count). The maximum Gasteiger partial charge on any atom is 0.279 e. The van der Waals surface area contributed by atoms with E-state index in [4.69, 9.17) is 14.2 Å². The van der Waals surface area contributed by atoms with E-state index >= 15 is 0 Å². The van der Waals surface area contributed by atoms with Gasteiger partial charge >= 0.3 is 0 Å². The van der Waals surface area contributed by atoms with Crippen molar-refractivity contribution < 1.29 is 19.0 Å². The molecule has 0 spiro atoms. The SMILES string of the molecule is COc1nc(CCCNC(C)C)nc(OC)c1NC(=O)c1csc(Oc2cc(C(C)(C)C)ccc2C)n1. The second-order valence-corrected chi connectivity index (χ2v) is 10.9. The summed E-state index contributed by atoms with van der Waals surface area (Å²) < 4.78 is 16.9. The fraction of sp³-hybridized carbons (Fsp3) is 0.481. The molecule has 2 N–H and O–H groups in total. The number of carbonyl (C=O) groups excluding carboxylic acids is 1. The first-order valence-corrected chi connectivity index (χ1v) is 13.2. The van der Waals surface area contributed by atoms with Crippen LogP contribution in [-0.2, 0) is 11.8 Å². The highest BCUT2D eigenvalue weighted by atomic mass is 32.1. The summed E-state index contributed by atoms with van der Waals surface area (Å²) >= 11 is 1.25. The van der Waals surface area contributed by atoms with Gasteiger partial charge in [0.2, 0.25) is 11.8 Å². The van der Waals surface area contributed by atoms with Gasteiger partial charge in [-0.15, -0.1) is 0 Å². The highest BCUT2D eigenvalue weighted by molar-refractivity contribution is 7.11. The summed E-state index contributed by atoms with van der Waals surface area (Å²) in [6.07, 6.45) is 1.50. The Bertz CT molecular complexity index is 1190. The van der Waals surface area contributed by atoms with Gasteiger partial charge in [0.15, 0.2) is 5.69 Å². The van der Waals surface area contributed by atoms with Crippen LogP contribution in [0, 0.1) is 6.92 Å². The summed E-state index contributed by atoms with van der Waals surface area (Å²) in [6.45, 7) is 13.5. The standard InChI is InChI=1S/C27H37N5O4S/c1-16(2)28-13-9-10-21-30-24(34-7)22(25(31-21)35-8)32-23(33)19-15-37-26(29-19)36-20-14-18(27(4,5)6)12-11-17(20)3/h11-12,14-16,28H,9-10,13H2,1-8H3,(H,32,33). The number of carbonyl (C=O) groups is 1. The maximum atomic E-state index is 13.0. The van der Waals surface area contributed by atoms with Gasteiger partial charge in [0.1, 0.15) is 17.3 Å². The molecule has 0 aliphatic rings. The normalized spacial score (nSPS) is 11.5. The van der Waals surface area contributed by atoms with Crippen LogP contribution in [0.3, 0.4) is 0 Å². The van der Waals surface area contributed by atoms with Crippen LogP contribution in [0.1, 0.15) is 68.5 Å². The lowest BCUT2D eigenvalue weighted by Gasteiger charge is -2.20. The number of benzene rings is 1. The van der Waals surface area contributed by atoms with Crippen molar-refractivity contribution in [2.45, 2.75) is 65.8 Å². The average molecular weight is 528 g/mol. The Kier molecular flexibility index (Phi) is 9.45. The van der Waals surface area contributed by atoms with E-state index in [0.29, 0.717) is 29.2 Å². The van der Waals surface area contributed by atoms with Crippen LogP contribution in [0.4, 0.5) is 5.69 Å². The van der Waals surface area contributed by atoms with Gasteiger partial charge in [0, 0.05) is 17.8 Å². The van der Waals surface area contributed by atoms with Gasteiger partial charge in [-0.05, 0) is 42.5 Å². The zero-order chi connectivity index (χ0) is 27.2. The molecule has 0 radical (unpaired) electrons. The Morgan fingerprint density at radius 2 is 1.76 bits per heavy atom. The Morgan fingerprint density at radius 1 is 1.08 bits per heavy atom. The molecular weight excluding hydrogens is 490 g/mol. The second-order valence-electron chi connectivity index (χ2n) is 10.0. The summed E-state index contributed by atoms with van der Waals surface area (Å²) in [4.78, 5) is 26.3. The van der Waals surface area contributed by atoms with Crippen LogP contribution >= 0.6 is 11.3 Å². The second kappa shape index (κ2) is 12.3. The molecule has 3 aromatic rings. The molecule has 10 heteroatoms. The number of amides is 1. The fourth-order valence-electron chi connectivity index (χ4n) is 3.47. The van der Waals surface area contributed by atoms with E-state index in [-0.39, 0.29) is 28.6 Å². The predicted octanol–water partition coefficient (Wildman–Crippen LogP) is 5.53. The lowest BCUT2D eigenvalue weighted by atomic mass is 9.86. The minimum absolute atomic E-state index is 0.0135. The van der Waals surface area contributed by atoms with Gasteiger partial charge in [0.05, 0.1) is 14.2 Å². The van der Waals surface area contributed by atoms with Gasteiger partial charge in [-0.25, -0.2) is 0 Å². The minimum Gasteiger partial charge on any atom is -0.479 e. The average Bonchev–Trinajstić information content (AvgIpc) is 3.31. The Labute approximate surface area is 223 Å². The Morgan fingerprint density at radius 3 is 2.35 bits per heavy atom. The fourth-order valence-corrected chi connectivity index (χ4v) is 4.13. The molecule has 0 bridgehead atoms. The summed E-state index contributed by atoms with van der Waals surface area (Å²) in [7, 11) is 2.98. The number of nitrogens with zero attached hydrogens (tertiary/aromatic N) is 3. The number of thiazole rings is 1. The van der Waals surface area contributed by atoms with Crippen molar-refractivity contribution in [2.75, 3.05) is 26.1 Å². The molecule has 2 aromatic heterocycles. The first kappa shape index (κ1) is 28.3. The molecule has 0 aliphatic carbocycles. The molecule has 0 unspecified atom stereocenters. The number of hydrogen-bond acceptors (Lipinski definition) is 9. The Balaban J connectivity index is 1.74. The van der Waals surface area contributed by atoms with Crippen molar-refractivity contribution in [2.24, 2.45) is 0 Å². The van der Waals surface area contributed by atoms with Gasteiger partial charge in [0.25, 0.3) is 11.1 Å². The smallest absolute Gasteiger partial charge is 0.279 e. The van der Waals surface area contributed by atoms with Gasteiger partial charge < -0.3 is 24.8 Å². The van der Waals surface area contributed by atoms with Crippen LogP contribution in [0.5, 0.6) is 22.7 Å². The van der Waals surface area contributed by atoms with E-state index in [9.17, 15) is 4.79 Å². The quantitative estimate of drug-likeness (QED) is 0.313. The van der Waals surface area contributed by atoms with Crippen molar-refractivity contribution in [3.8, 4) is 22.7 Å². The third-order valence-corrected chi connectivity index (χ3v) is 6.33. The zero-order valence-electron chi connectivity index (χ0n) is 22.9. The third-order valence-electron chi connectivity index (χ3n) is 5.61. The van der Waals surface area contributed by atoms with E-state index in [2.05, 4.69) is 66.3 Å². The summed E-state index contributed by atoms with van der Waals surface area (Å²) in [6, 6.07) is 6.56. The molecule has 1 amide bonds. The maximum absolute atomic E-state index is 13.0. The number of nitrogens with one attached hydrogen (secondary N) is 2. The number of methoxy groups -OCH3 is 2. The van der Waals surface area contributed by atoms with E-state index in [1.807, 2.05) is 19.1 Å². The molecule has 0 aliphatic heterocycles. The number of rotatable bonds is 11. The molecule has 1 aromatic carbocycles. The van der Waals surface area contributed by atoms with Crippen LogP contribution in [0.25, 0.3) is 0 Å². The molecule has 37 heavy (non-hydrogen) atoms. The number of anilines is 1. The summed E-state index contributed by atoms with van der Waals surface area (Å²) in [5.74, 6) is 1.31. The number of ether oxygens (including phenoxy) is 3. The van der Waals surface area contributed by atoms with Crippen LogP contribution in [-0.4, -0.2) is 47.7 Å². The first-order chi connectivity index (χ1) is 17.5. The third kappa shape index (κ3) is 7.62. The topological polar surface area (TPSA) is 107 Å². The van der Waals surface area contributed by atoms with Gasteiger partial charge in [-0.3, -0.25) is 4.79 Å². The number of aryl methyl sites for hydroxylation is 2. The van der Waals surface area contributed by atoms with Crippen molar-refractivity contribution in [3.63, 3.8) is 0 Å². The lowest BCUT2D eigenvalue weighted by molar-refractivity contribution is 0.102. The molecule has 0 fully saturated rings. The molecule has 0 saturated heterocycles. The molecular formula is C27H37N5O4S. The molecule has 0 saturated carbocycles. The van der Waals surface area contributed by atoms with Gasteiger partial charge in [-0.1, -0.05) is 58.1 Å². The lowest BCUT2D eigenvalue weighted by Crippen LogP contribution is -2.24. The first-order valence-electron chi connectivity index (χ1n) is 12.3. The van der Waals surface area contributed by atoms with E-state index in [0.717, 1.165) is 24.1 Å². The molecule has 0 atom stereocenters. The largest absolute Gasteiger partial charge is 0.479 e. The van der Waals surface area contributed by atoms with Crippen molar-refractivity contribution in [1.82, 2.24) is 20.3 Å². The molecule has 200 valence electrons. The van der Waals surface area contributed by atoms with Crippen molar-refractivity contribution in [3.05, 3.63) is 46.2 Å². The monoisotopic (exact) mass is 527 g/mol. The van der Waals surface area contributed by atoms with Gasteiger partial charge in [-0.2, -0.15) is 15.0 Å². The highest BCUT2D eigenvalue weighted by Gasteiger charge is 2.22. The summed E-state index contributed by atoms with van der Waals surface area (Å²) in [5.41, 5.74) is 2.59. The molecule has 9 nitrogen and oxygen atoms in total. The molecule has 2 heterocycles. The number of aromatic nitrogens is 3. The minimum atomic E-state index is -0.444. The highest BCUT2D eigenvalue weighted by Crippen LogP contribution is 2.34. The van der Waals surface area contributed by atoms with Crippen molar-refractivity contribution in [1.29, 1.82) is 0 Å². The van der Waals surface area contributed by atoms with Crippen LogP contribution in [0.15, 0.2) is 23.6 Å². The van der Waals surface area contributed by atoms with Crippen molar-refractivity contribution >= 4 is 22.9 Å². The zero-order valence-corrected chi connectivity index (χ0v) is 23.7.